The van der Waals surface area contributed by atoms with Gasteiger partial charge in [-0.1, -0.05) is 27.7 Å². The third-order valence-corrected chi connectivity index (χ3v) is 5.81. The third kappa shape index (κ3) is 2.40. The van der Waals surface area contributed by atoms with Crippen LogP contribution < -0.4 is 11.1 Å². The summed E-state index contributed by atoms with van der Waals surface area (Å²) in [6.07, 6.45) is 2.41. The molecule has 0 aromatic rings. The Labute approximate surface area is 117 Å². The molecule has 112 valence electrons. The zero-order chi connectivity index (χ0) is 14.9. The number of nitrogens with two attached hydrogens (primary N) is 1. The minimum atomic E-state index is -0.421. The summed E-state index contributed by atoms with van der Waals surface area (Å²) in [7, 11) is 1.74. The second-order valence-electron chi connectivity index (χ2n) is 6.58. The maximum absolute atomic E-state index is 12.5. The Bertz CT molecular complexity index is 329. The predicted molar refractivity (Wildman–Crippen MR) is 77.8 cm³/mol. The predicted octanol–water partition coefficient (Wildman–Crippen LogP) is 2.07. The van der Waals surface area contributed by atoms with Crippen LogP contribution in [0.4, 0.5) is 0 Å². The van der Waals surface area contributed by atoms with Crippen LogP contribution in [-0.2, 0) is 9.53 Å². The van der Waals surface area contributed by atoms with Crippen LogP contribution in [-0.4, -0.2) is 31.2 Å². The van der Waals surface area contributed by atoms with E-state index in [2.05, 4.69) is 26.1 Å². The lowest BCUT2D eigenvalue weighted by Crippen LogP contribution is -2.69. The molecule has 1 rings (SSSR count). The standard InChI is InChI=1S/C15H30N2O2/c1-7-15(8-2,10-16)12(18)17-11-9-14(5,19-6)13(11,3)4/h11H,7-10,16H2,1-6H3,(H,17,18). The molecule has 19 heavy (non-hydrogen) atoms. The quantitative estimate of drug-likeness (QED) is 0.776. The van der Waals surface area contributed by atoms with Crippen molar-refractivity contribution in [3.05, 3.63) is 0 Å². The molecule has 2 unspecified atom stereocenters. The molecule has 1 fully saturated rings. The summed E-state index contributed by atoms with van der Waals surface area (Å²) in [5.74, 6) is 0.0937. The Morgan fingerprint density at radius 3 is 2.21 bits per heavy atom. The second-order valence-corrected chi connectivity index (χ2v) is 6.58. The van der Waals surface area contributed by atoms with Gasteiger partial charge in [-0.25, -0.2) is 0 Å². The Balaban J connectivity index is 2.75. The van der Waals surface area contributed by atoms with Crippen molar-refractivity contribution in [3.63, 3.8) is 0 Å². The molecule has 1 saturated carbocycles. The van der Waals surface area contributed by atoms with Gasteiger partial charge in [-0.15, -0.1) is 0 Å². The highest BCUT2D eigenvalue weighted by Gasteiger charge is 2.58. The Kier molecular flexibility index (Phi) is 4.68. The Morgan fingerprint density at radius 1 is 1.37 bits per heavy atom. The van der Waals surface area contributed by atoms with E-state index < -0.39 is 5.41 Å². The van der Waals surface area contributed by atoms with Gasteiger partial charge < -0.3 is 15.8 Å². The number of amides is 1. The van der Waals surface area contributed by atoms with E-state index in [1.807, 2.05) is 13.8 Å². The molecule has 1 aliphatic carbocycles. The van der Waals surface area contributed by atoms with Crippen molar-refractivity contribution < 1.29 is 9.53 Å². The van der Waals surface area contributed by atoms with Gasteiger partial charge >= 0.3 is 0 Å². The minimum absolute atomic E-state index is 0.0563. The topological polar surface area (TPSA) is 64.4 Å². The van der Waals surface area contributed by atoms with Crippen LogP contribution in [0.3, 0.4) is 0 Å². The van der Waals surface area contributed by atoms with Crippen LogP contribution >= 0.6 is 0 Å². The normalized spacial score (nSPS) is 29.7. The highest BCUT2D eigenvalue weighted by molar-refractivity contribution is 5.83. The first kappa shape index (κ1) is 16.4. The fourth-order valence-corrected chi connectivity index (χ4v) is 2.99. The van der Waals surface area contributed by atoms with Gasteiger partial charge in [-0.2, -0.15) is 0 Å². The number of nitrogens with one attached hydrogen (secondary N) is 1. The molecule has 1 amide bonds. The van der Waals surface area contributed by atoms with E-state index in [9.17, 15) is 4.79 Å². The maximum atomic E-state index is 12.5. The summed E-state index contributed by atoms with van der Waals surface area (Å²) in [5, 5.41) is 3.19. The molecule has 0 bridgehead atoms. The highest BCUT2D eigenvalue weighted by Crippen LogP contribution is 2.51. The van der Waals surface area contributed by atoms with Gasteiger partial charge in [-0.3, -0.25) is 4.79 Å². The van der Waals surface area contributed by atoms with E-state index in [4.69, 9.17) is 10.5 Å². The molecule has 0 saturated heterocycles. The van der Waals surface area contributed by atoms with Crippen molar-refractivity contribution in [1.29, 1.82) is 0 Å². The lowest BCUT2D eigenvalue weighted by Gasteiger charge is -2.59. The van der Waals surface area contributed by atoms with Crippen LogP contribution in [0.5, 0.6) is 0 Å². The molecule has 0 aliphatic heterocycles. The molecular weight excluding hydrogens is 240 g/mol. The van der Waals surface area contributed by atoms with E-state index in [1.54, 1.807) is 7.11 Å². The van der Waals surface area contributed by atoms with Gasteiger partial charge in [0, 0.05) is 25.1 Å². The Hall–Kier alpha value is -0.610. The van der Waals surface area contributed by atoms with Crippen LogP contribution in [0.25, 0.3) is 0 Å². The fraction of sp³-hybridized carbons (Fsp3) is 0.933. The first-order valence-corrected chi connectivity index (χ1v) is 7.29. The number of rotatable bonds is 6. The average molecular weight is 270 g/mol. The van der Waals surface area contributed by atoms with Gasteiger partial charge in [0.1, 0.15) is 0 Å². The van der Waals surface area contributed by atoms with Gasteiger partial charge in [-0.05, 0) is 26.2 Å². The molecule has 3 N–H and O–H groups in total. The van der Waals surface area contributed by atoms with Crippen molar-refractivity contribution >= 4 is 5.91 Å². The number of hydrogen-bond acceptors (Lipinski definition) is 3. The summed E-state index contributed by atoms with van der Waals surface area (Å²) >= 11 is 0. The summed E-state index contributed by atoms with van der Waals surface area (Å²) < 4.78 is 5.59. The van der Waals surface area contributed by atoms with Gasteiger partial charge in [0.05, 0.1) is 11.0 Å². The van der Waals surface area contributed by atoms with Crippen molar-refractivity contribution in [2.24, 2.45) is 16.6 Å². The van der Waals surface area contributed by atoms with E-state index in [-0.39, 0.29) is 23.0 Å². The van der Waals surface area contributed by atoms with Crippen molar-refractivity contribution in [3.8, 4) is 0 Å². The van der Waals surface area contributed by atoms with Crippen LogP contribution in [0.15, 0.2) is 0 Å². The van der Waals surface area contributed by atoms with Crippen molar-refractivity contribution in [1.82, 2.24) is 5.32 Å². The zero-order valence-electron chi connectivity index (χ0n) is 13.3. The summed E-state index contributed by atoms with van der Waals surface area (Å²) in [4.78, 5) is 12.5. The van der Waals surface area contributed by atoms with Gasteiger partial charge in [0.2, 0.25) is 5.91 Å². The number of carbonyl (C=O) groups excluding carboxylic acids is 1. The monoisotopic (exact) mass is 270 g/mol. The summed E-state index contributed by atoms with van der Waals surface area (Å²) in [6.45, 7) is 10.9. The summed E-state index contributed by atoms with van der Waals surface area (Å²) in [5.41, 5.74) is 5.19. The molecular formula is C15H30N2O2. The van der Waals surface area contributed by atoms with Gasteiger partial charge in [0.25, 0.3) is 0 Å². The minimum Gasteiger partial charge on any atom is -0.378 e. The number of methoxy groups -OCH3 is 1. The first-order chi connectivity index (χ1) is 8.73. The lowest BCUT2D eigenvalue weighted by molar-refractivity contribution is -0.184. The van der Waals surface area contributed by atoms with Crippen LogP contribution in [0.1, 0.15) is 53.9 Å². The number of ether oxygens (including phenoxy) is 1. The average Bonchev–Trinajstić information content (AvgIpc) is 2.40. The van der Waals surface area contributed by atoms with Crippen molar-refractivity contribution in [2.75, 3.05) is 13.7 Å². The lowest BCUT2D eigenvalue weighted by atomic mass is 9.55. The number of carbonyl (C=O) groups is 1. The van der Waals surface area contributed by atoms with Gasteiger partial charge in [0.15, 0.2) is 0 Å². The molecule has 0 spiro atoms. The Morgan fingerprint density at radius 2 is 1.89 bits per heavy atom. The third-order valence-electron chi connectivity index (χ3n) is 5.81. The largest absolute Gasteiger partial charge is 0.378 e. The SMILES string of the molecule is CCC(CC)(CN)C(=O)NC1CC(C)(OC)C1(C)C. The number of hydrogen-bond donors (Lipinski definition) is 2. The molecule has 0 heterocycles. The second kappa shape index (κ2) is 5.41. The molecule has 1 aliphatic rings. The van der Waals surface area contributed by atoms with Crippen LogP contribution in [0.2, 0.25) is 0 Å². The molecule has 0 aromatic heterocycles. The molecule has 0 radical (unpaired) electrons. The van der Waals surface area contributed by atoms with E-state index >= 15 is 0 Å². The zero-order valence-corrected chi connectivity index (χ0v) is 13.3. The maximum Gasteiger partial charge on any atom is 0.227 e. The fourth-order valence-electron chi connectivity index (χ4n) is 2.99. The van der Waals surface area contributed by atoms with E-state index in [1.165, 1.54) is 0 Å². The molecule has 2 atom stereocenters. The van der Waals surface area contributed by atoms with E-state index in [0.717, 1.165) is 19.3 Å². The van der Waals surface area contributed by atoms with Crippen molar-refractivity contribution in [2.45, 2.75) is 65.5 Å². The molecule has 4 heteroatoms. The van der Waals surface area contributed by atoms with Crippen LogP contribution in [0, 0.1) is 10.8 Å². The molecule has 0 aromatic carbocycles. The highest BCUT2D eigenvalue weighted by atomic mass is 16.5. The first-order valence-electron chi connectivity index (χ1n) is 7.29. The smallest absolute Gasteiger partial charge is 0.227 e. The summed E-state index contributed by atoms with van der Waals surface area (Å²) in [6, 6.07) is 0.161. The molecule has 4 nitrogen and oxygen atoms in total. The van der Waals surface area contributed by atoms with E-state index in [0.29, 0.717) is 6.54 Å².